The summed E-state index contributed by atoms with van der Waals surface area (Å²) in [5, 5.41) is 0. The number of hydrogen-bond donors (Lipinski definition) is 3. The predicted octanol–water partition coefficient (Wildman–Crippen LogP) is 1.41. The van der Waals surface area contributed by atoms with Crippen LogP contribution in [0.15, 0.2) is 64.6 Å². The van der Waals surface area contributed by atoms with Gasteiger partial charge in [-0.3, -0.25) is 4.79 Å². The van der Waals surface area contributed by atoms with Crippen LogP contribution in [-0.2, 0) is 16.0 Å². The summed E-state index contributed by atoms with van der Waals surface area (Å²) < 4.78 is 4.94. The van der Waals surface area contributed by atoms with E-state index in [0.717, 1.165) is 11.1 Å². The number of nitrogens with two attached hydrogens (primary N) is 3. The molecule has 0 amide bonds. The third-order valence-corrected chi connectivity index (χ3v) is 3.55. The molecule has 130 valence electrons. The number of ether oxygens (including phenoxy) is 1. The zero-order valence-corrected chi connectivity index (χ0v) is 13.9. The second kappa shape index (κ2) is 8.49. The number of aliphatic imine (C=N–C) groups is 2. The van der Waals surface area contributed by atoms with Gasteiger partial charge in [0.1, 0.15) is 0 Å². The summed E-state index contributed by atoms with van der Waals surface area (Å²) in [6.07, 6.45) is 0.518. The molecule has 0 aliphatic heterocycles. The second-order valence-corrected chi connectivity index (χ2v) is 5.36. The van der Waals surface area contributed by atoms with Gasteiger partial charge in [0, 0.05) is 0 Å². The van der Waals surface area contributed by atoms with E-state index in [1.54, 1.807) is 12.1 Å². The summed E-state index contributed by atoms with van der Waals surface area (Å²) in [4.78, 5) is 19.9. The van der Waals surface area contributed by atoms with Gasteiger partial charge in [-0.25, -0.2) is 4.99 Å². The van der Waals surface area contributed by atoms with Crippen LogP contribution in [0.3, 0.4) is 0 Å². The van der Waals surface area contributed by atoms with Crippen molar-refractivity contribution in [2.24, 2.45) is 27.2 Å². The topological polar surface area (TPSA) is 129 Å². The molecule has 7 heteroatoms. The summed E-state index contributed by atoms with van der Waals surface area (Å²) in [6.45, 7) is 0. The number of esters is 1. The number of nitrogens with zero attached hydrogens (tertiary/aromatic N) is 2. The number of carbonyl (C=O) groups is 1. The monoisotopic (exact) mass is 339 g/mol. The van der Waals surface area contributed by atoms with Gasteiger partial charge in [0.15, 0.2) is 5.96 Å². The molecule has 2 rings (SSSR count). The molecule has 2 aromatic rings. The summed E-state index contributed by atoms with van der Waals surface area (Å²) >= 11 is 0. The van der Waals surface area contributed by atoms with E-state index in [-0.39, 0.29) is 23.8 Å². The Kier molecular flexibility index (Phi) is 6.11. The van der Waals surface area contributed by atoms with E-state index in [2.05, 4.69) is 9.98 Å². The summed E-state index contributed by atoms with van der Waals surface area (Å²) in [7, 11) is 1.39. The Bertz CT molecular complexity index is 766. The fourth-order valence-electron chi connectivity index (χ4n) is 2.40. The van der Waals surface area contributed by atoms with Crippen molar-refractivity contribution in [3.63, 3.8) is 0 Å². The molecule has 2 aromatic carbocycles. The van der Waals surface area contributed by atoms with Crippen molar-refractivity contribution in [1.29, 1.82) is 0 Å². The van der Waals surface area contributed by atoms with Crippen LogP contribution in [-0.4, -0.2) is 25.0 Å². The number of guanidine groups is 2. The third kappa shape index (κ3) is 5.35. The largest absolute Gasteiger partial charge is 0.469 e. The molecule has 25 heavy (non-hydrogen) atoms. The van der Waals surface area contributed by atoms with Gasteiger partial charge in [-0.2, -0.15) is 4.99 Å². The van der Waals surface area contributed by atoms with Crippen molar-refractivity contribution in [2.45, 2.75) is 12.3 Å². The fraction of sp³-hybridized carbons (Fsp3) is 0.167. The molecule has 0 radical (unpaired) electrons. The minimum atomic E-state index is -0.368. The Morgan fingerprint density at radius 3 is 2.24 bits per heavy atom. The van der Waals surface area contributed by atoms with Gasteiger partial charge in [0.05, 0.1) is 18.7 Å². The smallest absolute Gasteiger partial charge is 0.313 e. The third-order valence-electron chi connectivity index (χ3n) is 3.55. The van der Waals surface area contributed by atoms with Crippen molar-refractivity contribution >= 4 is 23.6 Å². The van der Waals surface area contributed by atoms with Crippen molar-refractivity contribution in [1.82, 2.24) is 0 Å². The van der Waals surface area contributed by atoms with Gasteiger partial charge in [0.2, 0.25) is 5.96 Å². The molecule has 0 saturated carbocycles. The van der Waals surface area contributed by atoms with Crippen LogP contribution in [0, 0.1) is 0 Å². The maximum Gasteiger partial charge on any atom is 0.313 e. The maximum absolute atomic E-state index is 12.1. The summed E-state index contributed by atoms with van der Waals surface area (Å²) in [5.41, 5.74) is 18.6. The van der Waals surface area contributed by atoms with Crippen LogP contribution in [0.4, 0.5) is 5.69 Å². The summed E-state index contributed by atoms with van der Waals surface area (Å²) in [5.74, 6) is -0.816. The first kappa shape index (κ1) is 18.0. The van der Waals surface area contributed by atoms with Gasteiger partial charge in [0.25, 0.3) is 0 Å². The Morgan fingerprint density at radius 1 is 1.04 bits per heavy atom. The number of methoxy groups -OCH3 is 1. The molecule has 0 spiro atoms. The Balaban J connectivity index is 2.18. The van der Waals surface area contributed by atoms with E-state index < -0.39 is 0 Å². The molecule has 0 heterocycles. The highest BCUT2D eigenvalue weighted by Crippen LogP contribution is 2.23. The van der Waals surface area contributed by atoms with Crippen LogP contribution in [0.2, 0.25) is 0 Å². The minimum absolute atomic E-state index is 0.0236. The van der Waals surface area contributed by atoms with E-state index in [4.69, 9.17) is 21.9 Å². The first-order chi connectivity index (χ1) is 12.0. The number of benzene rings is 2. The normalized spacial score (nSPS) is 12.3. The lowest BCUT2D eigenvalue weighted by Crippen LogP contribution is -2.26. The first-order valence-electron chi connectivity index (χ1n) is 7.65. The fourth-order valence-corrected chi connectivity index (χ4v) is 2.40. The van der Waals surface area contributed by atoms with E-state index >= 15 is 0 Å². The average molecular weight is 339 g/mol. The Morgan fingerprint density at radius 2 is 1.68 bits per heavy atom. The molecule has 6 N–H and O–H groups in total. The van der Waals surface area contributed by atoms with Crippen LogP contribution >= 0.6 is 0 Å². The first-order valence-corrected chi connectivity index (χ1v) is 7.65. The van der Waals surface area contributed by atoms with Crippen LogP contribution in [0.25, 0.3) is 0 Å². The Hall–Kier alpha value is -3.35. The van der Waals surface area contributed by atoms with Crippen molar-refractivity contribution in [3.05, 3.63) is 65.7 Å². The molecule has 0 bridgehead atoms. The van der Waals surface area contributed by atoms with Gasteiger partial charge in [-0.15, -0.1) is 0 Å². The second-order valence-electron chi connectivity index (χ2n) is 5.36. The molecule has 0 fully saturated rings. The molecular weight excluding hydrogens is 318 g/mol. The lowest BCUT2D eigenvalue weighted by atomic mass is 9.92. The van der Waals surface area contributed by atoms with Gasteiger partial charge in [-0.05, 0) is 29.7 Å². The molecule has 0 aliphatic rings. The molecule has 1 atom stereocenters. The highest BCUT2D eigenvalue weighted by molar-refractivity contribution is 5.93. The van der Waals surface area contributed by atoms with Crippen LogP contribution in [0.5, 0.6) is 0 Å². The maximum atomic E-state index is 12.1. The highest BCUT2D eigenvalue weighted by atomic mass is 16.5. The SMILES string of the molecule is COC(=O)C(Cc1ccc(N=C(N)N=C(N)N)cc1)c1ccccc1. The molecular formula is C18H21N5O2. The standard InChI is InChI=1S/C18H21N5O2/c1-25-16(24)15(13-5-3-2-4-6-13)11-12-7-9-14(10-8-12)22-18(21)23-17(19)20/h2-10,15H,11H2,1H3,(H6,19,20,21,22,23). The number of rotatable bonds is 5. The zero-order chi connectivity index (χ0) is 18.2. The van der Waals surface area contributed by atoms with Crippen molar-refractivity contribution in [3.8, 4) is 0 Å². The van der Waals surface area contributed by atoms with Crippen molar-refractivity contribution in [2.75, 3.05) is 7.11 Å². The van der Waals surface area contributed by atoms with E-state index in [9.17, 15) is 4.79 Å². The lowest BCUT2D eigenvalue weighted by Gasteiger charge is -2.15. The molecule has 0 saturated heterocycles. The number of carbonyl (C=O) groups excluding carboxylic acids is 1. The Labute approximate surface area is 146 Å². The quantitative estimate of drug-likeness (QED) is 0.431. The summed E-state index contributed by atoms with van der Waals surface area (Å²) in [6, 6.07) is 16.8. The lowest BCUT2D eigenvalue weighted by molar-refractivity contribution is -0.142. The highest BCUT2D eigenvalue weighted by Gasteiger charge is 2.21. The molecule has 0 aliphatic carbocycles. The predicted molar refractivity (Wildman–Crippen MR) is 98.4 cm³/mol. The zero-order valence-electron chi connectivity index (χ0n) is 13.9. The van der Waals surface area contributed by atoms with Crippen molar-refractivity contribution < 1.29 is 9.53 Å². The van der Waals surface area contributed by atoms with Crippen LogP contribution in [0.1, 0.15) is 17.0 Å². The molecule has 1 unspecified atom stereocenters. The van der Waals surface area contributed by atoms with E-state index in [1.807, 2.05) is 42.5 Å². The average Bonchev–Trinajstić information content (AvgIpc) is 2.60. The minimum Gasteiger partial charge on any atom is -0.469 e. The number of hydrogen-bond acceptors (Lipinski definition) is 3. The molecule has 7 nitrogen and oxygen atoms in total. The van der Waals surface area contributed by atoms with E-state index in [1.165, 1.54) is 7.11 Å². The van der Waals surface area contributed by atoms with Gasteiger partial charge >= 0.3 is 5.97 Å². The van der Waals surface area contributed by atoms with Crippen LogP contribution < -0.4 is 17.2 Å². The van der Waals surface area contributed by atoms with E-state index in [0.29, 0.717) is 12.1 Å². The molecule has 0 aromatic heterocycles. The van der Waals surface area contributed by atoms with Gasteiger partial charge < -0.3 is 21.9 Å². The van der Waals surface area contributed by atoms with Gasteiger partial charge in [-0.1, -0.05) is 42.5 Å².